The van der Waals surface area contributed by atoms with Gasteiger partial charge >= 0.3 is 0 Å². The van der Waals surface area contributed by atoms with E-state index in [1.807, 2.05) is 0 Å². The number of rotatable bonds is 3. The third kappa shape index (κ3) is 2.43. The Morgan fingerprint density at radius 2 is 2.22 bits per heavy atom. The average Bonchev–Trinajstić information content (AvgIpc) is 2.77. The fraction of sp³-hybridized carbons (Fsp3) is 0.538. The van der Waals surface area contributed by atoms with Gasteiger partial charge in [-0.2, -0.15) is 0 Å². The second-order valence-electron chi connectivity index (χ2n) is 5.04. The van der Waals surface area contributed by atoms with Crippen molar-refractivity contribution in [2.75, 3.05) is 11.4 Å². The lowest BCUT2D eigenvalue weighted by molar-refractivity contribution is -0.384. The van der Waals surface area contributed by atoms with Gasteiger partial charge in [-0.3, -0.25) is 10.1 Å². The molecule has 0 spiro atoms. The van der Waals surface area contributed by atoms with E-state index in [0.717, 1.165) is 25.1 Å². The lowest BCUT2D eigenvalue weighted by atomic mass is 10.0. The van der Waals surface area contributed by atoms with Gasteiger partial charge in [-0.05, 0) is 24.8 Å². The molecule has 1 aliphatic rings. The maximum absolute atomic E-state index is 10.7. The van der Waals surface area contributed by atoms with Crippen LogP contribution < -0.4 is 4.90 Å². The lowest BCUT2D eigenvalue weighted by Crippen LogP contribution is -2.33. The highest BCUT2D eigenvalue weighted by atomic mass is 35.5. The summed E-state index contributed by atoms with van der Waals surface area (Å²) in [5.74, 6) is 0.554. The first-order valence-corrected chi connectivity index (χ1v) is 6.59. The van der Waals surface area contributed by atoms with Crippen LogP contribution >= 0.6 is 11.6 Å². The normalized spacial score (nSPS) is 19.6. The minimum Gasteiger partial charge on any atom is -0.367 e. The number of nitro benzene ring substituents is 1. The van der Waals surface area contributed by atoms with Crippen molar-refractivity contribution in [3.63, 3.8) is 0 Å². The van der Waals surface area contributed by atoms with Gasteiger partial charge in [-0.15, -0.1) is 0 Å². The van der Waals surface area contributed by atoms with E-state index >= 15 is 0 Å². The van der Waals surface area contributed by atoms with Gasteiger partial charge in [0.05, 0.1) is 15.6 Å². The number of nitrogens with zero attached hydrogens (tertiary/aromatic N) is 2. The van der Waals surface area contributed by atoms with Crippen LogP contribution in [0.15, 0.2) is 18.2 Å². The molecule has 0 aliphatic carbocycles. The summed E-state index contributed by atoms with van der Waals surface area (Å²) in [6.45, 7) is 5.37. The molecule has 1 saturated heterocycles. The standard InChI is InChI=1S/C13H17ClN2O2/c1-9(2)12-4-3-7-15(12)13-6-5-10(16(17)18)8-11(13)14/h5-6,8-9,12H,3-4,7H2,1-2H3. The zero-order valence-corrected chi connectivity index (χ0v) is 11.4. The summed E-state index contributed by atoms with van der Waals surface area (Å²) < 4.78 is 0. The van der Waals surface area contributed by atoms with Gasteiger partial charge in [-0.1, -0.05) is 25.4 Å². The first-order valence-electron chi connectivity index (χ1n) is 6.21. The van der Waals surface area contributed by atoms with E-state index in [1.165, 1.54) is 12.1 Å². The third-order valence-corrected chi connectivity index (χ3v) is 3.82. The molecular weight excluding hydrogens is 252 g/mol. The quantitative estimate of drug-likeness (QED) is 0.617. The van der Waals surface area contributed by atoms with Gasteiger partial charge in [0.25, 0.3) is 5.69 Å². The van der Waals surface area contributed by atoms with Crippen molar-refractivity contribution in [3.05, 3.63) is 33.3 Å². The van der Waals surface area contributed by atoms with Gasteiger partial charge in [-0.25, -0.2) is 0 Å². The summed E-state index contributed by atoms with van der Waals surface area (Å²) in [5, 5.41) is 11.2. The molecule has 0 N–H and O–H groups in total. The number of hydrogen-bond donors (Lipinski definition) is 0. The van der Waals surface area contributed by atoms with Crippen molar-refractivity contribution >= 4 is 23.0 Å². The molecule has 1 aromatic rings. The number of halogens is 1. The van der Waals surface area contributed by atoms with Crippen LogP contribution in [-0.4, -0.2) is 17.5 Å². The second kappa shape index (κ2) is 5.14. The SMILES string of the molecule is CC(C)C1CCCN1c1ccc([N+](=O)[O-])cc1Cl. The molecule has 4 nitrogen and oxygen atoms in total. The summed E-state index contributed by atoms with van der Waals surface area (Å²) in [4.78, 5) is 12.5. The van der Waals surface area contributed by atoms with E-state index in [4.69, 9.17) is 11.6 Å². The Balaban J connectivity index is 2.31. The smallest absolute Gasteiger partial charge is 0.271 e. The van der Waals surface area contributed by atoms with E-state index in [-0.39, 0.29) is 5.69 Å². The Hall–Kier alpha value is -1.29. The fourth-order valence-electron chi connectivity index (χ4n) is 2.63. The van der Waals surface area contributed by atoms with Crippen LogP contribution in [0.25, 0.3) is 0 Å². The molecule has 1 fully saturated rings. The average molecular weight is 269 g/mol. The monoisotopic (exact) mass is 268 g/mol. The van der Waals surface area contributed by atoms with E-state index in [1.54, 1.807) is 6.07 Å². The van der Waals surface area contributed by atoms with Gasteiger partial charge in [0.2, 0.25) is 0 Å². The Kier molecular flexibility index (Phi) is 3.76. The van der Waals surface area contributed by atoms with E-state index < -0.39 is 4.92 Å². The second-order valence-corrected chi connectivity index (χ2v) is 5.45. The molecule has 1 aliphatic heterocycles. The van der Waals surface area contributed by atoms with Crippen LogP contribution in [0.1, 0.15) is 26.7 Å². The fourth-order valence-corrected chi connectivity index (χ4v) is 2.91. The largest absolute Gasteiger partial charge is 0.367 e. The minimum absolute atomic E-state index is 0.0454. The van der Waals surface area contributed by atoms with Crippen LogP contribution in [0.3, 0.4) is 0 Å². The Morgan fingerprint density at radius 1 is 1.50 bits per heavy atom. The van der Waals surface area contributed by atoms with Gasteiger partial charge in [0.15, 0.2) is 0 Å². The molecule has 0 radical (unpaired) electrons. The molecule has 1 atom stereocenters. The first-order chi connectivity index (χ1) is 8.50. The minimum atomic E-state index is -0.417. The van der Waals surface area contributed by atoms with Gasteiger partial charge in [0.1, 0.15) is 0 Å². The van der Waals surface area contributed by atoms with Crippen LogP contribution in [-0.2, 0) is 0 Å². The van der Waals surface area contributed by atoms with Crippen LogP contribution in [0.4, 0.5) is 11.4 Å². The Labute approximate surface area is 112 Å². The number of benzene rings is 1. The third-order valence-electron chi connectivity index (χ3n) is 3.52. The highest BCUT2D eigenvalue weighted by Gasteiger charge is 2.28. The maximum atomic E-state index is 10.7. The molecular formula is C13H17ClN2O2. The van der Waals surface area contributed by atoms with Crippen molar-refractivity contribution in [3.8, 4) is 0 Å². The molecule has 98 valence electrons. The molecule has 0 amide bonds. The summed E-state index contributed by atoms with van der Waals surface area (Å²) in [6.07, 6.45) is 2.31. The summed E-state index contributed by atoms with van der Waals surface area (Å²) >= 11 is 6.18. The summed E-state index contributed by atoms with van der Waals surface area (Å²) in [5.41, 5.74) is 0.961. The highest BCUT2D eigenvalue weighted by molar-refractivity contribution is 6.33. The summed E-state index contributed by atoms with van der Waals surface area (Å²) in [7, 11) is 0. The van der Waals surface area contributed by atoms with E-state index in [0.29, 0.717) is 17.0 Å². The molecule has 0 bridgehead atoms. The number of anilines is 1. The zero-order chi connectivity index (χ0) is 13.3. The van der Waals surface area contributed by atoms with Gasteiger partial charge < -0.3 is 4.90 Å². The molecule has 18 heavy (non-hydrogen) atoms. The van der Waals surface area contributed by atoms with E-state index in [2.05, 4.69) is 18.7 Å². The molecule has 1 heterocycles. The predicted molar refractivity (Wildman–Crippen MR) is 73.3 cm³/mol. The van der Waals surface area contributed by atoms with Crippen LogP contribution in [0.2, 0.25) is 5.02 Å². The number of non-ortho nitro benzene ring substituents is 1. The molecule has 1 unspecified atom stereocenters. The van der Waals surface area contributed by atoms with Crippen molar-refractivity contribution in [1.82, 2.24) is 0 Å². The van der Waals surface area contributed by atoms with Crippen molar-refractivity contribution < 1.29 is 4.92 Å². The molecule has 1 aromatic carbocycles. The number of nitro groups is 1. The topological polar surface area (TPSA) is 46.4 Å². The zero-order valence-electron chi connectivity index (χ0n) is 10.6. The highest BCUT2D eigenvalue weighted by Crippen LogP contribution is 2.36. The van der Waals surface area contributed by atoms with Gasteiger partial charge in [0, 0.05) is 24.7 Å². The molecule has 2 rings (SSSR count). The van der Waals surface area contributed by atoms with E-state index in [9.17, 15) is 10.1 Å². The molecule has 5 heteroatoms. The van der Waals surface area contributed by atoms with Crippen LogP contribution in [0.5, 0.6) is 0 Å². The molecule has 0 saturated carbocycles. The Morgan fingerprint density at radius 3 is 2.78 bits per heavy atom. The Bertz CT molecular complexity index is 462. The van der Waals surface area contributed by atoms with Crippen molar-refractivity contribution in [2.24, 2.45) is 5.92 Å². The van der Waals surface area contributed by atoms with Crippen molar-refractivity contribution in [1.29, 1.82) is 0 Å². The first kappa shape index (κ1) is 13.1. The molecule has 0 aromatic heterocycles. The summed E-state index contributed by atoms with van der Waals surface area (Å²) in [6, 6.07) is 5.20. The van der Waals surface area contributed by atoms with Crippen LogP contribution in [0, 0.1) is 16.0 Å². The van der Waals surface area contributed by atoms with Crippen molar-refractivity contribution in [2.45, 2.75) is 32.7 Å². The number of hydrogen-bond acceptors (Lipinski definition) is 3. The lowest BCUT2D eigenvalue weighted by Gasteiger charge is -2.30. The predicted octanol–water partition coefficient (Wildman–Crippen LogP) is 3.87. The maximum Gasteiger partial charge on any atom is 0.271 e.